The van der Waals surface area contributed by atoms with E-state index in [1.54, 1.807) is 24.3 Å². The lowest BCUT2D eigenvalue weighted by molar-refractivity contribution is -0.0593. The zero-order valence-corrected chi connectivity index (χ0v) is 19.6. The van der Waals surface area contributed by atoms with E-state index in [2.05, 4.69) is 27.6 Å². The monoisotopic (exact) mass is 505 g/mol. The Labute approximate surface area is 203 Å². The summed E-state index contributed by atoms with van der Waals surface area (Å²) in [4.78, 5) is 12.4. The van der Waals surface area contributed by atoms with Gasteiger partial charge in [0.1, 0.15) is 17.3 Å². The van der Waals surface area contributed by atoms with E-state index in [0.717, 1.165) is 0 Å². The van der Waals surface area contributed by atoms with E-state index in [-0.39, 0.29) is 51.7 Å². The molecule has 0 aliphatic carbocycles. The quantitative estimate of drug-likeness (QED) is 0.348. The molecule has 0 spiro atoms. The second-order valence-corrected chi connectivity index (χ2v) is 9.13. The summed E-state index contributed by atoms with van der Waals surface area (Å²) in [6, 6.07) is 9.50. The molecule has 0 radical (unpaired) electrons. The number of halogens is 3. The summed E-state index contributed by atoms with van der Waals surface area (Å²) in [6.45, 7) is 2.90. The standard InChI is InChI=1S/C23H22F3N5O3S/c1-22(12-34-13-22)29-21(32)14-8-9-15(18(11-14)33-2)28-10-4-5-16-20(35-23(24,25)26)17-6-3-7-19(27)31(17)30-16/h3,6-9,11,28H,10,12-13,27H2,1-2H3,(H,29,32). The Balaban J connectivity index is 1.49. The van der Waals surface area contributed by atoms with Gasteiger partial charge in [-0.2, -0.15) is 18.3 Å². The summed E-state index contributed by atoms with van der Waals surface area (Å²) in [7, 11) is 1.47. The molecule has 0 saturated carbocycles. The second-order valence-electron chi connectivity index (χ2n) is 8.05. The molecule has 1 fully saturated rings. The van der Waals surface area contributed by atoms with Crippen LogP contribution in [0.5, 0.6) is 5.75 Å². The first kappa shape index (κ1) is 24.6. The number of nitrogen functional groups attached to an aromatic ring is 1. The number of nitrogens with one attached hydrogen (secondary N) is 2. The molecule has 0 unspecified atom stereocenters. The first-order chi connectivity index (χ1) is 16.6. The maximum absolute atomic E-state index is 13.1. The first-order valence-corrected chi connectivity index (χ1v) is 11.2. The molecule has 1 aromatic carbocycles. The number of hydrogen-bond donors (Lipinski definition) is 3. The van der Waals surface area contributed by atoms with E-state index in [1.807, 2.05) is 6.92 Å². The molecule has 3 heterocycles. The molecule has 1 aliphatic rings. The van der Waals surface area contributed by atoms with Crippen molar-refractivity contribution in [1.29, 1.82) is 0 Å². The van der Waals surface area contributed by atoms with Gasteiger partial charge < -0.3 is 25.8 Å². The van der Waals surface area contributed by atoms with Gasteiger partial charge in [-0.15, -0.1) is 0 Å². The van der Waals surface area contributed by atoms with E-state index in [4.69, 9.17) is 15.2 Å². The zero-order chi connectivity index (χ0) is 25.2. The van der Waals surface area contributed by atoms with E-state index in [0.29, 0.717) is 30.2 Å². The molecular weight excluding hydrogens is 483 g/mol. The van der Waals surface area contributed by atoms with Crippen molar-refractivity contribution in [3.05, 3.63) is 47.7 Å². The zero-order valence-electron chi connectivity index (χ0n) is 18.8. The molecule has 8 nitrogen and oxygen atoms in total. The highest BCUT2D eigenvalue weighted by Gasteiger charge is 2.35. The van der Waals surface area contributed by atoms with Crippen molar-refractivity contribution in [2.45, 2.75) is 22.9 Å². The Morgan fingerprint density at radius 2 is 2.11 bits per heavy atom. The molecule has 184 valence electrons. The van der Waals surface area contributed by atoms with E-state index in [9.17, 15) is 18.0 Å². The van der Waals surface area contributed by atoms with E-state index < -0.39 is 5.51 Å². The van der Waals surface area contributed by atoms with Crippen LogP contribution in [0, 0.1) is 11.8 Å². The Morgan fingerprint density at radius 1 is 1.34 bits per heavy atom. The van der Waals surface area contributed by atoms with Crippen LogP contribution >= 0.6 is 11.8 Å². The molecule has 12 heteroatoms. The molecule has 4 N–H and O–H groups in total. The van der Waals surface area contributed by atoms with Crippen LogP contribution in [0.2, 0.25) is 0 Å². The van der Waals surface area contributed by atoms with Crippen molar-refractivity contribution in [1.82, 2.24) is 14.9 Å². The molecule has 1 aliphatic heterocycles. The van der Waals surface area contributed by atoms with Crippen LogP contribution in [-0.2, 0) is 4.74 Å². The van der Waals surface area contributed by atoms with Crippen molar-refractivity contribution < 1.29 is 27.4 Å². The van der Waals surface area contributed by atoms with Gasteiger partial charge in [0, 0.05) is 5.56 Å². The molecule has 3 aromatic rings. The third-order valence-corrected chi connectivity index (χ3v) is 5.99. The summed E-state index contributed by atoms with van der Waals surface area (Å²) in [5.41, 5.74) is 2.14. The second kappa shape index (κ2) is 9.59. The number of pyridine rings is 1. The van der Waals surface area contributed by atoms with Gasteiger partial charge in [0.05, 0.1) is 48.5 Å². The highest BCUT2D eigenvalue weighted by atomic mass is 32.2. The molecular formula is C23H22F3N5O3S. The van der Waals surface area contributed by atoms with E-state index >= 15 is 0 Å². The fourth-order valence-electron chi connectivity index (χ4n) is 3.44. The van der Waals surface area contributed by atoms with Gasteiger partial charge in [0.25, 0.3) is 5.91 Å². The van der Waals surface area contributed by atoms with Crippen LogP contribution < -0.4 is 21.1 Å². The van der Waals surface area contributed by atoms with Crippen molar-refractivity contribution in [3.8, 4) is 17.6 Å². The fourth-order valence-corrected chi connectivity index (χ4v) is 4.12. The lowest BCUT2D eigenvalue weighted by Gasteiger charge is -2.38. The Morgan fingerprint density at radius 3 is 2.77 bits per heavy atom. The van der Waals surface area contributed by atoms with Gasteiger partial charge in [-0.25, -0.2) is 4.52 Å². The van der Waals surface area contributed by atoms with Crippen LogP contribution in [0.3, 0.4) is 0 Å². The van der Waals surface area contributed by atoms with Gasteiger partial charge >= 0.3 is 5.51 Å². The van der Waals surface area contributed by atoms with Gasteiger partial charge in [0.2, 0.25) is 0 Å². The molecule has 35 heavy (non-hydrogen) atoms. The van der Waals surface area contributed by atoms with Crippen molar-refractivity contribution >= 4 is 34.7 Å². The Kier molecular flexibility index (Phi) is 6.73. The summed E-state index contributed by atoms with van der Waals surface area (Å²) < 4.78 is 51.1. The molecule has 1 amide bonds. The topological polar surface area (TPSA) is 103 Å². The number of nitrogens with zero attached hydrogens (tertiary/aromatic N) is 2. The number of nitrogens with two attached hydrogens (primary N) is 1. The normalized spacial score (nSPS) is 14.5. The van der Waals surface area contributed by atoms with Crippen LogP contribution in [0.25, 0.3) is 5.52 Å². The number of methoxy groups -OCH3 is 1. The summed E-state index contributed by atoms with van der Waals surface area (Å²) in [5.74, 6) is 5.85. The number of carbonyl (C=O) groups excluding carboxylic acids is 1. The predicted molar refractivity (Wildman–Crippen MR) is 127 cm³/mol. The lowest BCUT2D eigenvalue weighted by Crippen LogP contribution is -2.59. The highest BCUT2D eigenvalue weighted by molar-refractivity contribution is 8.00. The molecule has 2 aromatic heterocycles. The molecule has 4 rings (SSSR count). The number of rotatable bonds is 6. The number of ether oxygens (including phenoxy) is 2. The molecule has 0 atom stereocenters. The van der Waals surface area contributed by atoms with Crippen LogP contribution in [0.15, 0.2) is 41.3 Å². The first-order valence-electron chi connectivity index (χ1n) is 10.4. The number of hydrogen-bond acceptors (Lipinski definition) is 7. The van der Waals surface area contributed by atoms with Gasteiger partial charge in [-0.05, 0) is 54.9 Å². The van der Waals surface area contributed by atoms with Crippen molar-refractivity contribution in [2.24, 2.45) is 0 Å². The molecule has 0 bridgehead atoms. The Bertz CT molecular complexity index is 1330. The summed E-state index contributed by atoms with van der Waals surface area (Å²) >= 11 is -0.281. The lowest BCUT2D eigenvalue weighted by atomic mass is 10.00. The number of anilines is 2. The third kappa shape index (κ3) is 5.58. The highest BCUT2D eigenvalue weighted by Crippen LogP contribution is 2.41. The Hall–Kier alpha value is -3.56. The van der Waals surface area contributed by atoms with Crippen LogP contribution in [0.4, 0.5) is 24.7 Å². The summed E-state index contributed by atoms with van der Waals surface area (Å²) in [6.07, 6.45) is 0. The number of amides is 1. The minimum absolute atomic E-state index is 0.0283. The minimum atomic E-state index is -4.51. The SMILES string of the molecule is COc1cc(C(=O)NC2(C)COC2)ccc1NCC#Cc1nn2c(N)cccc2c1SC(F)(F)F. The maximum atomic E-state index is 13.1. The van der Waals surface area contributed by atoms with Crippen molar-refractivity contribution in [2.75, 3.05) is 37.9 Å². The fraction of sp³-hybridized carbons (Fsp3) is 0.304. The smallest absolute Gasteiger partial charge is 0.446 e. The van der Waals surface area contributed by atoms with Gasteiger partial charge in [-0.1, -0.05) is 12.0 Å². The summed E-state index contributed by atoms with van der Waals surface area (Å²) in [5, 5.41) is 10.1. The van der Waals surface area contributed by atoms with Gasteiger partial charge in [-0.3, -0.25) is 4.79 Å². The number of alkyl halides is 3. The molecule has 1 saturated heterocycles. The number of carbonyl (C=O) groups is 1. The predicted octanol–water partition coefficient (Wildman–Crippen LogP) is 3.52. The average Bonchev–Trinajstić information content (AvgIpc) is 3.12. The van der Waals surface area contributed by atoms with Crippen molar-refractivity contribution in [3.63, 3.8) is 0 Å². The number of benzene rings is 1. The maximum Gasteiger partial charge on any atom is 0.446 e. The van der Waals surface area contributed by atoms with Gasteiger partial charge in [0.15, 0.2) is 0 Å². The van der Waals surface area contributed by atoms with E-state index in [1.165, 1.54) is 23.8 Å². The van der Waals surface area contributed by atoms with Crippen LogP contribution in [-0.4, -0.2) is 53.4 Å². The van der Waals surface area contributed by atoms with Crippen LogP contribution in [0.1, 0.15) is 23.0 Å². The number of fused-ring (bicyclic) bond motifs is 1. The third-order valence-electron chi connectivity index (χ3n) is 5.15. The largest absolute Gasteiger partial charge is 0.495 e. The minimum Gasteiger partial charge on any atom is -0.495 e. The number of aromatic nitrogens is 2. The number of thioether (sulfide) groups is 1. The average molecular weight is 506 g/mol.